The molecule has 0 aliphatic carbocycles. The molecule has 0 radical (unpaired) electrons. The van der Waals surface area contributed by atoms with Gasteiger partial charge in [-0.2, -0.15) is 11.8 Å². The van der Waals surface area contributed by atoms with Crippen molar-refractivity contribution in [3.63, 3.8) is 0 Å². The lowest BCUT2D eigenvalue weighted by atomic mass is 10.3. The zero-order chi connectivity index (χ0) is 13.2. The van der Waals surface area contributed by atoms with Crippen molar-refractivity contribution >= 4 is 39.4 Å². The van der Waals surface area contributed by atoms with E-state index < -0.39 is 0 Å². The molecule has 0 aromatic heterocycles. The summed E-state index contributed by atoms with van der Waals surface area (Å²) in [6, 6.07) is 7.22. The van der Waals surface area contributed by atoms with E-state index in [0.717, 1.165) is 28.1 Å². The van der Waals surface area contributed by atoms with Crippen LogP contribution in [-0.4, -0.2) is 35.8 Å². The van der Waals surface area contributed by atoms with E-state index in [9.17, 15) is 4.79 Å². The SMILES string of the molecule is O=C(NCCSCCCO)Nc1ccc(Br)cc1. The summed E-state index contributed by atoms with van der Waals surface area (Å²) in [5.41, 5.74) is 0.767. The van der Waals surface area contributed by atoms with Gasteiger partial charge in [-0.25, -0.2) is 4.79 Å². The summed E-state index contributed by atoms with van der Waals surface area (Å²) in [5, 5.41) is 14.1. The van der Waals surface area contributed by atoms with Crippen molar-refractivity contribution in [3.8, 4) is 0 Å². The third kappa shape index (κ3) is 6.88. The minimum absolute atomic E-state index is 0.194. The van der Waals surface area contributed by atoms with Gasteiger partial charge in [0.05, 0.1) is 0 Å². The van der Waals surface area contributed by atoms with Gasteiger partial charge in [-0.1, -0.05) is 15.9 Å². The normalized spacial score (nSPS) is 10.1. The van der Waals surface area contributed by atoms with Crippen molar-refractivity contribution in [2.24, 2.45) is 0 Å². The molecule has 18 heavy (non-hydrogen) atoms. The molecule has 0 atom stereocenters. The zero-order valence-electron chi connectivity index (χ0n) is 9.99. The molecule has 0 saturated heterocycles. The van der Waals surface area contributed by atoms with Crippen molar-refractivity contribution in [2.75, 3.05) is 30.0 Å². The Hall–Kier alpha value is -0.720. The maximum atomic E-state index is 11.5. The van der Waals surface area contributed by atoms with Crippen molar-refractivity contribution in [1.29, 1.82) is 0 Å². The first kappa shape index (κ1) is 15.3. The highest BCUT2D eigenvalue weighted by Crippen LogP contribution is 2.13. The Kier molecular flexibility index (Phi) is 7.88. The summed E-state index contributed by atoms with van der Waals surface area (Å²) >= 11 is 5.05. The van der Waals surface area contributed by atoms with Gasteiger partial charge in [0.1, 0.15) is 0 Å². The van der Waals surface area contributed by atoms with Gasteiger partial charge in [-0.15, -0.1) is 0 Å². The summed E-state index contributed by atoms with van der Waals surface area (Å²) in [6.07, 6.45) is 0.801. The Labute approximate surface area is 120 Å². The molecule has 0 aliphatic heterocycles. The maximum Gasteiger partial charge on any atom is 0.319 e. The third-order valence-electron chi connectivity index (χ3n) is 2.08. The molecule has 2 amide bonds. The standard InChI is InChI=1S/C12H17BrN2O2S/c13-10-2-4-11(5-3-10)15-12(17)14-6-9-18-8-1-7-16/h2-5,16H,1,6-9H2,(H2,14,15,17). The molecule has 0 bridgehead atoms. The summed E-state index contributed by atoms with van der Waals surface area (Å²) in [7, 11) is 0. The van der Waals surface area contributed by atoms with E-state index in [2.05, 4.69) is 26.6 Å². The van der Waals surface area contributed by atoms with E-state index in [0.29, 0.717) is 6.54 Å². The van der Waals surface area contributed by atoms with Crippen LogP contribution < -0.4 is 10.6 Å². The monoisotopic (exact) mass is 332 g/mol. The average molecular weight is 333 g/mol. The summed E-state index contributed by atoms with van der Waals surface area (Å²) in [5.74, 6) is 1.78. The van der Waals surface area contributed by atoms with E-state index in [1.165, 1.54) is 0 Å². The Morgan fingerprint density at radius 2 is 2.00 bits per heavy atom. The van der Waals surface area contributed by atoms with Crippen LogP contribution in [0, 0.1) is 0 Å². The van der Waals surface area contributed by atoms with Gasteiger partial charge >= 0.3 is 6.03 Å². The number of carbonyl (C=O) groups is 1. The van der Waals surface area contributed by atoms with Crippen LogP contribution in [0.15, 0.2) is 28.7 Å². The Bertz CT molecular complexity index is 360. The molecule has 6 heteroatoms. The summed E-state index contributed by atoms with van der Waals surface area (Å²) in [4.78, 5) is 11.5. The lowest BCUT2D eigenvalue weighted by Crippen LogP contribution is -2.30. The quantitative estimate of drug-likeness (QED) is 0.673. The fourth-order valence-corrected chi connectivity index (χ4v) is 2.26. The van der Waals surface area contributed by atoms with Gasteiger partial charge in [-0.3, -0.25) is 0 Å². The Balaban J connectivity index is 2.12. The maximum absolute atomic E-state index is 11.5. The number of hydrogen-bond donors (Lipinski definition) is 3. The van der Waals surface area contributed by atoms with E-state index in [1.54, 1.807) is 11.8 Å². The second-order valence-electron chi connectivity index (χ2n) is 3.58. The number of amides is 2. The highest BCUT2D eigenvalue weighted by molar-refractivity contribution is 9.10. The van der Waals surface area contributed by atoms with Crippen LogP contribution in [0.4, 0.5) is 10.5 Å². The molecule has 0 spiro atoms. The molecule has 1 rings (SSSR count). The number of thioether (sulfide) groups is 1. The molecular formula is C12H17BrN2O2S. The van der Waals surface area contributed by atoms with Crippen molar-refractivity contribution < 1.29 is 9.90 Å². The largest absolute Gasteiger partial charge is 0.396 e. The molecule has 1 aromatic rings. The highest BCUT2D eigenvalue weighted by atomic mass is 79.9. The topological polar surface area (TPSA) is 61.4 Å². The van der Waals surface area contributed by atoms with Gasteiger partial charge in [0.25, 0.3) is 0 Å². The number of carbonyl (C=O) groups excluding carboxylic acids is 1. The number of benzene rings is 1. The lowest BCUT2D eigenvalue weighted by molar-refractivity contribution is 0.252. The number of anilines is 1. The van der Waals surface area contributed by atoms with E-state index in [4.69, 9.17) is 5.11 Å². The van der Waals surface area contributed by atoms with Gasteiger partial charge < -0.3 is 15.7 Å². The first-order valence-corrected chi connectivity index (χ1v) is 7.66. The number of nitrogens with one attached hydrogen (secondary N) is 2. The summed E-state index contributed by atoms with van der Waals surface area (Å²) < 4.78 is 0.980. The molecule has 0 unspecified atom stereocenters. The molecule has 0 aliphatic rings. The number of urea groups is 1. The van der Waals surface area contributed by atoms with Crippen LogP contribution in [0.5, 0.6) is 0 Å². The molecule has 1 aromatic carbocycles. The fourth-order valence-electron chi connectivity index (χ4n) is 1.21. The first-order chi connectivity index (χ1) is 8.72. The number of aliphatic hydroxyl groups excluding tert-OH is 1. The first-order valence-electron chi connectivity index (χ1n) is 5.71. The number of rotatable bonds is 7. The van der Waals surface area contributed by atoms with E-state index in [-0.39, 0.29) is 12.6 Å². The van der Waals surface area contributed by atoms with Crippen molar-refractivity contribution in [1.82, 2.24) is 5.32 Å². The zero-order valence-corrected chi connectivity index (χ0v) is 12.4. The Morgan fingerprint density at radius 3 is 2.67 bits per heavy atom. The van der Waals surface area contributed by atoms with Crippen LogP contribution in [0.1, 0.15) is 6.42 Å². The van der Waals surface area contributed by atoms with Crippen LogP contribution in [0.2, 0.25) is 0 Å². The Morgan fingerprint density at radius 1 is 1.28 bits per heavy atom. The lowest BCUT2D eigenvalue weighted by Gasteiger charge is -2.07. The smallest absolute Gasteiger partial charge is 0.319 e. The predicted molar refractivity (Wildman–Crippen MR) is 80.2 cm³/mol. The van der Waals surface area contributed by atoms with Gasteiger partial charge in [-0.05, 0) is 36.4 Å². The number of aliphatic hydroxyl groups is 1. The van der Waals surface area contributed by atoms with E-state index >= 15 is 0 Å². The molecular weight excluding hydrogens is 316 g/mol. The second-order valence-corrected chi connectivity index (χ2v) is 5.72. The fraction of sp³-hybridized carbons (Fsp3) is 0.417. The van der Waals surface area contributed by atoms with Gasteiger partial charge in [0, 0.05) is 29.1 Å². The molecule has 0 saturated carbocycles. The number of halogens is 1. The van der Waals surface area contributed by atoms with Gasteiger partial charge in [0.15, 0.2) is 0 Å². The molecule has 3 N–H and O–H groups in total. The number of hydrogen-bond acceptors (Lipinski definition) is 3. The third-order valence-corrected chi connectivity index (χ3v) is 3.68. The predicted octanol–water partition coefficient (Wildman–Crippen LogP) is 2.69. The van der Waals surface area contributed by atoms with Crippen molar-refractivity contribution in [3.05, 3.63) is 28.7 Å². The van der Waals surface area contributed by atoms with Crippen molar-refractivity contribution in [2.45, 2.75) is 6.42 Å². The second kappa shape index (κ2) is 9.24. The highest BCUT2D eigenvalue weighted by Gasteiger charge is 2.00. The minimum atomic E-state index is -0.194. The van der Waals surface area contributed by atoms with Crippen LogP contribution in [0.25, 0.3) is 0 Å². The van der Waals surface area contributed by atoms with Crippen LogP contribution in [0.3, 0.4) is 0 Å². The molecule has 4 nitrogen and oxygen atoms in total. The molecule has 0 heterocycles. The van der Waals surface area contributed by atoms with E-state index in [1.807, 2.05) is 24.3 Å². The van der Waals surface area contributed by atoms with Gasteiger partial charge in [0.2, 0.25) is 0 Å². The molecule has 100 valence electrons. The summed E-state index contributed by atoms with van der Waals surface area (Å²) in [6.45, 7) is 0.850. The van der Waals surface area contributed by atoms with Crippen LogP contribution in [-0.2, 0) is 0 Å². The molecule has 0 fully saturated rings. The average Bonchev–Trinajstić information content (AvgIpc) is 2.36. The van der Waals surface area contributed by atoms with Crippen LogP contribution >= 0.6 is 27.7 Å². The minimum Gasteiger partial charge on any atom is -0.396 e.